The molecule has 4 aromatic heterocycles. The van der Waals surface area contributed by atoms with Gasteiger partial charge in [-0.25, -0.2) is 15.0 Å². The van der Waals surface area contributed by atoms with Crippen LogP contribution in [0.5, 0.6) is 0 Å². The highest BCUT2D eigenvalue weighted by Gasteiger charge is 2.10. The molecule has 0 aliphatic heterocycles. The Morgan fingerprint density at radius 3 is 2.68 bits per heavy atom. The highest BCUT2D eigenvalue weighted by Crippen LogP contribution is 2.22. The number of nitrogens with zero attached hydrogens (tertiary/aromatic N) is 6. The van der Waals surface area contributed by atoms with E-state index in [1.807, 2.05) is 37.8 Å². The Kier molecular flexibility index (Phi) is 7.28. The van der Waals surface area contributed by atoms with Crippen molar-refractivity contribution in [3.05, 3.63) is 30.5 Å². The molecule has 0 atom stereocenters. The number of halogens is 1. The summed E-state index contributed by atoms with van der Waals surface area (Å²) in [5.41, 5.74) is 8.34. The van der Waals surface area contributed by atoms with E-state index in [2.05, 4.69) is 35.8 Å². The molecule has 4 heterocycles. The summed E-state index contributed by atoms with van der Waals surface area (Å²) in [4.78, 5) is 21.9. The van der Waals surface area contributed by atoms with Gasteiger partial charge in [0.25, 0.3) is 0 Å². The summed E-state index contributed by atoms with van der Waals surface area (Å²) in [5, 5.41) is 1.35. The summed E-state index contributed by atoms with van der Waals surface area (Å²) in [6.07, 6.45) is 11.3. The van der Waals surface area contributed by atoms with E-state index in [0.29, 0.717) is 22.0 Å². The van der Waals surface area contributed by atoms with Crippen molar-refractivity contribution in [3.63, 3.8) is 0 Å². The van der Waals surface area contributed by atoms with Gasteiger partial charge in [-0.3, -0.25) is 0 Å². The van der Waals surface area contributed by atoms with Crippen LogP contribution in [0.4, 0.5) is 10.2 Å². The number of H-pyrrole nitrogens is 1. The lowest BCUT2D eigenvalue weighted by Gasteiger charge is -1.98. The third kappa shape index (κ3) is 4.20. The topological polar surface area (TPSA) is 111 Å². The van der Waals surface area contributed by atoms with E-state index in [1.54, 1.807) is 0 Å². The molecule has 8 nitrogen and oxygen atoms in total. The first-order valence-electron chi connectivity index (χ1n) is 8.55. The minimum Gasteiger partial charge on any atom is -0.383 e. The molecular weight excluding hydrogens is 379 g/mol. The highest BCUT2D eigenvalue weighted by molar-refractivity contribution is 7.98. The lowest BCUT2D eigenvalue weighted by Crippen LogP contribution is -1.96. The van der Waals surface area contributed by atoms with Crippen molar-refractivity contribution in [2.45, 2.75) is 32.3 Å². The van der Waals surface area contributed by atoms with Gasteiger partial charge in [0.2, 0.25) is 0 Å². The summed E-state index contributed by atoms with van der Waals surface area (Å²) >= 11 is 1.35. The number of aromatic nitrogens is 7. The van der Waals surface area contributed by atoms with Crippen LogP contribution in [-0.4, -0.2) is 40.7 Å². The molecule has 0 amide bonds. The maximum absolute atomic E-state index is 12.7. The molecule has 0 bridgehead atoms. The van der Waals surface area contributed by atoms with E-state index in [-0.39, 0.29) is 0 Å². The number of aromatic amines is 1. The van der Waals surface area contributed by atoms with E-state index in [0.717, 1.165) is 23.1 Å². The Labute approximate surface area is 166 Å². The third-order valence-electron chi connectivity index (χ3n) is 3.60. The molecule has 0 saturated carbocycles. The van der Waals surface area contributed by atoms with Gasteiger partial charge >= 0.3 is 6.08 Å². The summed E-state index contributed by atoms with van der Waals surface area (Å²) in [7, 11) is 0. The maximum atomic E-state index is 12.7. The number of hydrogen-bond donors (Lipinski definition) is 2. The number of nitrogens with two attached hydrogens (primary N) is 1. The fourth-order valence-corrected chi connectivity index (χ4v) is 2.95. The Morgan fingerprint density at radius 1 is 1.29 bits per heavy atom. The van der Waals surface area contributed by atoms with Gasteiger partial charge in [0.1, 0.15) is 28.3 Å². The number of hydrogen-bond acceptors (Lipinski definition) is 7. The number of nitrogen functional groups attached to an aromatic ring is 1. The summed E-state index contributed by atoms with van der Waals surface area (Å²) in [5.74, 6) is 3.02. The number of fused-ring (bicyclic) bond motifs is 2. The number of imidazole rings is 1. The molecule has 0 fully saturated rings. The molecule has 4 aromatic rings. The number of thioether (sulfide) groups is 1. The number of aryl methyl sites for hydroxylation is 1. The summed E-state index contributed by atoms with van der Waals surface area (Å²) in [6.45, 7) is 6.84. The third-order valence-corrected chi connectivity index (χ3v) is 4.28. The van der Waals surface area contributed by atoms with E-state index in [4.69, 9.17) is 12.2 Å². The minimum absolute atomic E-state index is 0.367. The van der Waals surface area contributed by atoms with Gasteiger partial charge in [-0.1, -0.05) is 19.8 Å². The minimum atomic E-state index is -0.737. The second kappa shape index (κ2) is 9.66. The average molecular weight is 400 g/mol. The van der Waals surface area contributed by atoms with Gasteiger partial charge in [0, 0.05) is 12.7 Å². The molecule has 4 rings (SSSR count). The zero-order chi connectivity index (χ0) is 20.7. The van der Waals surface area contributed by atoms with Gasteiger partial charge in [0.05, 0.1) is 17.3 Å². The molecule has 3 N–H and O–H groups in total. The van der Waals surface area contributed by atoms with Crippen molar-refractivity contribution >= 4 is 39.8 Å². The maximum Gasteiger partial charge on any atom is 0.311 e. The molecule has 0 spiro atoms. The zero-order valence-corrected chi connectivity index (χ0v) is 16.9. The summed E-state index contributed by atoms with van der Waals surface area (Å²) < 4.78 is 14.6. The molecule has 0 unspecified atom stereocenters. The van der Waals surface area contributed by atoms with Crippen molar-refractivity contribution in [1.29, 1.82) is 0 Å². The monoisotopic (exact) mass is 400 g/mol. The Bertz CT molecular complexity index is 1110. The van der Waals surface area contributed by atoms with Gasteiger partial charge in [-0.2, -0.15) is 14.4 Å². The standard InChI is InChI=1S/C10H10N4.C6H5FN4S.C2H6/c1-3-7-5-14(4-2)10-8(7)9(11)12-6-13-10;1-12-5-3-4(9-2-8-3)10-6(7)11-5;1-2/h1,5-6H,4H2,2H3,(H2,11,12,13);2H,1H3,(H,8,9,10,11);1-2H3. The van der Waals surface area contributed by atoms with Crippen molar-refractivity contribution in [2.24, 2.45) is 0 Å². The second-order valence-corrected chi connectivity index (χ2v) is 5.83. The molecule has 10 heteroatoms. The SMILES string of the molecule is C#Cc1cn(CC)c2ncnc(N)c12.CC.CSc1nc(F)nc2nc[nH]c12. The highest BCUT2D eigenvalue weighted by atomic mass is 32.2. The van der Waals surface area contributed by atoms with Gasteiger partial charge < -0.3 is 15.3 Å². The molecule has 0 aromatic carbocycles. The lowest BCUT2D eigenvalue weighted by atomic mass is 10.2. The quantitative estimate of drug-likeness (QED) is 0.230. The van der Waals surface area contributed by atoms with Crippen LogP contribution >= 0.6 is 11.8 Å². The smallest absolute Gasteiger partial charge is 0.311 e. The van der Waals surface area contributed by atoms with Crippen molar-refractivity contribution in [3.8, 4) is 12.3 Å². The van der Waals surface area contributed by atoms with Crippen LogP contribution in [0, 0.1) is 18.4 Å². The fraction of sp³-hybridized carbons (Fsp3) is 0.278. The largest absolute Gasteiger partial charge is 0.383 e. The number of terminal acetylenes is 1. The van der Waals surface area contributed by atoms with E-state index < -0.39 is 6.08 Å². The normalized spacial score (nSPS) is 10.0. The molecule has 28 heavy (non-hydrogen) atoms. The van der Waals surface area contributed by atoms with Crippen molar-refractivity contribution in [1.82, 2.24) is 34.5 Å². The van der Waals surface area contributed by atoms with Crippen LogP contribution in [-0.2, 0) is 6.54 Å². The van der Waals surface area contributed by atoms with Gasteiger partial charge in [-0.05, 0) is 13.2 Å². The Balaban J connectivity index is 0.000000186. The van der Waals surface area contributed by atoms with Gasteiger partial charge in [-0.15, -0.1) is 18.2 Å². The van der Waals surface area contributed by atoms with E-state index >= 15 is 0 Å². The Morgan fingerprint density at radius 2 is 2.04 bits per heavy atom. The first kappa shape index (κ1) is 21.1. The molecular formula is C18H21FN8S. The first-order chi connectivity index (χ1) is 13.6. The zero-order valence-electron chi connectivity index (χ0n) is 16.1. The van der Waals surface area contributed by atoms with Crippen LogP contribution in [0.2, 0.25) is 0 Å². The molecule has 146 valence electrons. The molecule has 0 saturated heterocycles. The number of rotatable bonds is 2. The number of nitrogens with one attached hydrogen (secondary N) is 1. The van der Waals surface area contributed by atoms with Crippen LogP contribution < -0.4 is 5.73 Å². The van der Waals surface area contributed by atoms with E-state index in [9.17, 15) is 4.39 Å². The summed E-state index contributed by atoms with van der Waals surface area (Å²) in [6, 6.07) is 0. The van der Waals surface area contributed by atoms with Crippen LogP contribution in [0.1, 0.15) is 26.3 Å². The van der Waals surface area contributed by atoms with Crippen LogP contribution in [0.15, 0.2) is 23.9 Å². The van der Waals surface area contributed by atoms with Gasteiger partial charge in [0.15, 0.2) is 5.65 Å². The van der Waals surface area contributed by atoms with Crippen LogP contribution in [0.25, 0.3) is 22.2 Å². The lowest BCUT2D eigenvalue weighted by molar-refractivity contribution is 0.533. The van der Waals surface area contributed by atoms with Crippen molar-refractivity contribution in [2.75, 3.05) is 12.0 Å². The Hall–Kier alpha value is -3.19. The first-order valence-corrected chi connectivity index (χ1v) is 9.78. The predicted molar refractivity (Wildman–Crippen MR) is 110 cm³/mol. The van der Waals surface area contributed by atoms with Crippen LogP contribution in [0.3, 0.4) is 0 Å². The van der Waals surface area contributed by atoms with Crippen molar-refractivity contribution < 1.29 is 4.39 Å². The molecule has 0 aliphatic rings. The number of anilines is 1. The second-order valence-electron chi connectivity index (χ2n) is 5.03. The molecule has 0 aliphatic carbocycles. The van der Waals surface area contributed by atoms with E-state index in [1.165, 1.54) is 24.4 Å². The fourth-order valence-electron chi connectivity index (χ4n) is 2.43. The molecule has 0 radical (unpaired) electrons. The predicted octanol–water partition coefficient (Wildman–Crippen LogP) is 3.25. The average Bonchev–Trinajstić information content (AvgIpc) is 3.34.